The molecule has 0 aliphatic heterocycles. The number of aromatic amines is 2. The fourth-order valence-corrected chi connectivity index (χ4v) is 2.20. The summed E-state index contributed by atoms with van der Waals surface area (Å²) >= 11 is 0. The molecule has 0 saturated heterocycles. The predicted octanol–water partition coefficient (Wildman–Crippen LogP) is 2.03. The lowest BCUT2D eigenvalue weighted by molar-refractivity contribution is 0.881. The van der Waals surface area contributed by atoms with Gasteiger partial charge in [0.2, 0.25) is 0 Å². The number of rotatable bonds is 2. The average Bonchev–Trinajstić information content (AvgIpc) is 2.92. The standard InChI is InChI=1S/C12H10N5/c1-2-8(12-14-16-17-15-12)9-6-11(7-4-5-7)13-10(9)3-1/h2-3,6-7,13H,4-5H2,(H,14,15,16,17). The van der Waals surface area contributed by atoms with Crippen molar-refractivity contribution in [3.63, 3.8) is 0 Å². The molecule has 2 heterocycles. The minimum atomic E-state index is 0.688. The van der Waals surface area contributed by atoms with Crippen LogP contribution < -0.4 is 0 Å². The Bertz CT molecular complexity index is 663. The third-order valence-electron chi connectivity index (χ3n) is 3.23. The number of aromatic nitrogens is 5. The van der Waals surface area contributed by atoms with Crippen molar-refractivity contribution in [3.8, 4) is 11.4 Å². The first-order chi connectivity index (χ1) is 8.42. The molecular weight excluding hydrogens is 214 g/mol. The van der Waals surface area contributed by atoms with Crippen LogP contribution in [0.15, 0.2) is 18.2 Å². The zero-order chi connectivity index (χ0) is 11.2. The molecule has 2 aromatic heterocycles. The Morgan fingerprint density at radius 3 is 3.00 bits per heavy atom. The van der Waals surface area contributed by atoms with Crippen molar-refractivity contribution in [2.45, 2.75) is 18.8 Å². The molecule has 0 atom stereocenters. The van der Waals surface area contributed by atoms with Crippen molar-refractivity contribution in [3.05, 3.63) is 30.0 Å². The molecule has 0 amide bonds. The number of tetrazole rings is 1. The Labute approximate surface area is 97.2 Å². The summed E-state index contributed by atoms with van der Waals surface area (Å²) in [5.74, 6) is 1.40. The van der Waals surface area contributed by atoms with Crippen LogP contribution in [0.2, 0.25) is 0 Å². The summed E-state index contributed by atoms with van der Waals surface area (Å²) in [5.41, 5.74) is 3.41. The number of H-pyrrole nitrogens is 2. The smallest absolute Gasteiger partial charge is 0.180 e. The van der Waals surface area contributed by atoms with Crippen molar-refractivity contribution >= 4 is 10.9 Å². The van der Waals surface area contributed by atoms with E-state index in [4.69, 9.17) is 0 Å². The molecule has 0 bridgehead atoms. The molecule has 2 N–H and O–H groups in total. The number of nitrogens with one attached hydrogen (secondary N) is 2. The van der Waals surface area contributed by atoms with Gasteiger partial charge in [-0.1, -0.05) is 0 Å². The van der Waals surface area contributed by atoms with Gasteiger partial charge in [0.1, 0.15) is 0 Å². The molecule has 5 nitrogen and oxygen atoms in total. The van der Waals surface area contributed by atoms with E-state index in [0.717, 1.165) is 16.5 Å². The van der Waals surface area contributed by atoms with Gasteiger partial charge in [-0.05, 0) is 53.5 Å². The lowest BCUT2D eigenvalue weighted by Gasteiger charge is -1.96. The van der Waals surface area contributed by atoms with Crippen molar-refractivity contribution < 1.29 is 0 Å². The maximum absolute atomic E-state index is 3.96. The molecule has 1 radical (unpaired) electrons. The van der Waals surface area contributed by atoms with Gasteiger partial charge in [0.25, 0.3) is 0 Å². The van der Waals surface area contributed by atoms with Gasteiger partial charge < -0.3 is 4.98 Å². The van der Waals surface area contributed by atoms with E-state index in [1.165, 1.54) is 18.5 Å². The van der Waals surface area contributed by atoms with E-state index >= 15 is 0 Å². The quantitative estimate of drug-likeness (QED) is 0.699. The van der Waals surface area contributed by atoms with E-state index in [2.05, 4.69) is 37.7 Å². The molecule has 1 fully saturated rings. The lowest BCUT2D eigenvalue weighted by atomic mass is 10.1. The summed E-state index contributed by atoms with van der Waals surface area (Å²) in [7, 11) is 0. The second kappa shape index (κ2) is 3.16. The van der Waals surface area contributed by atoms with E-state index in [-0.39, 0.29) is 0 Å². The Hall–Kier alpha value is -2.17. The van der Waals surface area contributed by atoms with Gasteiger partial charge in [-0.25, -0.2) is 5.10 Å². The van der Waals surface area contributed by atoms with E-state index in [1.807, 2.05) is 12.1 Å². The molecule has 17 heavy (non-hydrogen) atoms. The Morgan fingerprint density at radius 1 is 1.29 bits per heavy atom. The summed E-state index contributed by atoms with van der Waals surface area (Å²) in [6.45, 7) is 0. The molecule has 0 spiro atoms. The maximum atomic E-state index is 3.96. The van der Waals surface area contributed by atoms with Crippen LogP contribution in [-0.2, 0) is 0 Å². The molecule has 1 saturated carbocycles. The minimum absolute atomic E-state index is 0.688. The summed E-state index contributed by atoms with van der Waals surface area (Å²) < 4.78 is 0. The molecular formula is C12H10N5. The monoisotopic (exact) mass is 224 g/mol. The minimum Gasteiger partial charge on any atom is -0.358 e. The van der Waals surface area contributed by atoms with Gasteiger partial charge in [-0.15, -0.1) is 5.10 Å². The van der Waals surface area contributed by atoms with Crippen LogP contribution >= 0.6 is 0 Å². The van der Waals surface area contributed by atoms with Crippen molar-refractivity contribution in [2.24, 2.45) is 0 Å². The normalized spacial score (nSPS) is 15.5. The second-order valence-corrected chi connectivity index (χ2v) is 4.45. The van der Waals surface area contributed by atoms with Crippen LogP contribution in [0.5, 0.6) is 0 Å². The van der Waals surface area contributed by atoms with Gasteiger partial charge in [-0.3, -0.25) is 0 Å². The van der Waals surface area contributed by atoms with E-state index < -0.39 is 0 Å². The third kappa shape index (κ3) is 1.35. The molecule has 1 aliphatic carbocycles. The fraction of sp³-hybridized carbons (Fsp3) is 0.250. The summed E-state index contributed by atoms with van der Waals surface area (Å²) in [6.07, 6.45) is 2.57. The largest absolute Gasteiger partial charge is 0.358 e. The Morgan fingerprint density at radius 2 is 2.24 bits per heavy atom. The van der Waals surface area contributed by atoms with Crippen molar-refractivity contribution in [1.29, 1.82) is 0 Å². The van der Waals surface area contributed by atoms with Gasteiger partial charge in [-0.2, -0.15) is 0 Å². The topological polar surface area (TPSA) is 70.2 Å². The summed E-state index contributed by atoms with van der Waals surface area (Å²) in [4.78, 5) is 3.45. The van der Waals surface area contributed by atoms with Gasteiger partial charge in [0, 0.05) is 22.2 Å². The molecule has 1 aromatic carbocycles. The molecule has 0 unspecified atom stereocenters. The number of nitrogens with zero attached hydrogens (tertiary/aromatic N) is 3. The highest BCUT2D eigenvalue weighted by atomic mass is 15.5. The molecule has 4 rings (SSSR count). The number of fused-ring (bicyclic) bond motifs is 1. The molecule has 83 valence electrons. The zero-order valence-electron chi connectivity index (χ0n) is 9.07. The van der Waals surface area contributed by atoms with Crippen molar-refractivity contribution in [1.82, 2.24) is 25.6 Å². The molecule has 5 heteroatoms. The van der Waals surface area contributed by atoms with Crippen LogP contribution in [0, 0.1) is 6.07 Å². The third-order valence-corrected chi connectivity index (χ3v) is 3.23. The Balaban J connectivity index is 1.96. The molecule has 3 aromatic rings. The first kappa shape index (κ1) is 8.92. The van der Waals surface area contributed by atoms with E-state index in [1.54, 1.807) is 0 Å². The Kier molecular flexibility index (Phi) is 1.66. The maximum Gasteiger partial charge on any atom is 0.180 e. The van der Waals surface area contributed by atoms with Gasteiger partial charge >= 0.3 is 0 Å². The van der Waals surface area contributed by atoms with Crippen molar-refractivity contribution in [2.75, 3.05) is 0 Å². The van der Waals surface area contributed by atoms with Gasteiger partial charge in [0.15, 0.2) is 5.82 Å². The molecule has 1 aliphatic rings. The highest BCUT2D eigenvalue weighted by Crippen LogP contribution is 2.41. The first-order valence-electron chi connectivity index (χ1n) is 5.68. The SMILES string of the molecule is [c]1cc(-c2nnn[nH]2)c2cc(C3CC3)[nH]c2c1. The van der Waals surface area contributed by atoms with Gasteiger partial charge in [0.05, 0.1) is 0 Å². The highest BCUT2D eigenvalue weighted by Gasteiger charge is 2.25. The second-order valence-electron chi connectivity index (χ2n) is 4.45. The zero-order valence-corrected chi connectivity index (χ0v) is 9.07. The van der Waals surface area contributed by atoms with E-state index in [9.17, 15) is 0 Å². The average molecular weight is 224 g/mol. The highest BCUT2D eigenvalue weighted by molar-refractivity contribution is 5.93. The van der Waals surface area contributed by atoms with Crippen LogP contribution in [-0.4, -0.2) is 25.6 Å². The fourth-order valence-electron chi connectivity index (χ4n) is 2.20. The first-order valence-corrected chi connectivity index (χ1v) is 5.68. The number of hydrogen-bond donors (Lipinski definition) is 2. The van der Waals surface area contributed by atoms with Crippen LogP contribution in [0.25, 0.3) is 22.3 Å². The van der Waals surface area contributed by atoms with E-state index in [0.29, 0.717) is 11.7 Å². The number of benzene rings is 1. The lowest BCUT2D eigenvalue weighted by Crippen LogP contribution is -1.81. The predicted molar refractivity (Wildman–Crippen MR) is 62.3 cm³/mol. The van der Waals surface area contributed by atoms with Crippen LogP contribution in [0.3, 0.4) is 0 Å². The van der Waals surface area contributed by atoms with Crippen LogP contribution in [0.4, 0.5) is 0 Å². The summed E-state index contributed by atoms with van der Waals surface area (Å²) in [6, 6.07) is 9.20. The summed E-state index contributed by atoms with van der Waals surface area (Å²) in [5, 5.41) is 15.1. The van der Waals surface area contributed by atoms with Crippen LogP contribution in [0.1, 0.15) is 24.5 Å². The number of hydrogen-bond acceptors (Lipinski definition) is 3.